The Morgan fingerprint density at radius 2 is 1.93 bits per heavy atom. The average Bonchev–Trinajstić information content (AvgIpc) is 3.37. The molecule has 0 radical (unpaired) electrons. The lowest BCUT2D eigenvalue weighted by Crippen LogP contribution is -2.50. The number of benzene rings is 1. The van der Waals surface area contributed by atoms with E-state index in [9.17, 15) is 13.2 Å². The Morgan fingerprint density at radius 3 is 2.59 bits per heavy atom. The molecule has 0 atom stereocenters. The van der Waals surface area contributed by atoms with Gasteiger partial charge in [0.1, 0.15) is 5.69 Å². The highest BCUT2D eigenvalue weighted by molar-refractivity contribution is 9.10. The van der Waals surface area contributed by atoms with Crippen LogP contribution in [0.3, 0.4) is 0 Å². The maximum absolute atomic E-state index is 12.9. The third kappa shape index (κ3) is 4.02. The fourth-order valence-electron chi connectivity index (χ4n) is 3.16. The third-order valence-electron chi connectivity index (χ3n) is 4.69. The molecule has 2 aromatic heterocycles. The second kappa shape index (κ2) is 8.02. The standard InChI is InChI=1S/C19H18BrN3O4S2/c1-13-17(21-18(28-13)16-6-3-11-27-16)19(24)22-7-9-23(10-8-22)29(25,26)15-5-2-4-14(20)12-15/h2-6,11-12H,7-10H2,1H3. The van der Waals surface area contributed by atoms with E-state index in [1.165, 1.54) is 15.6 Å². The molecule has 0 unspecified atom stereocenters. The van der Waals surface area contributed by atoms with Crippen molar-refractivity contribution in [2.24, 2.45) is 0 Å². The van der Waals surface area contributed by atoms with Gasteiger partial charge in [0.15, 0.2) is 10.8 Å². The minimum absolute atomic E-state index is 0.184. The summed E-state index contributed by atoms with van der Waals surface area (Å²) >= 11 is 4.71. The number of rotatable bonds is 4. The molecule has 0 spiro atoms. The molecule has 0 saturated carbocycles. The van der Waals surface area contributed by atoms with Crippen LogP contribution in [0.4, 0.5) is 0 Å². The van der Waals surface area contributed by atoms with E-state index in [1.807, 2.05) is 6.92 Å². The summed E-state index contributed by atoms with van der Waals surface area (Å²) in [5.41, 5.74) is 0.393. The fourth-order valence-corrected chi connectivity index (χ4v) is 6.05. The summed E-state index contributed by atoms with van der Waals surface area (Å²) in [6, 6.07) is 10.2. The number of nitrogens with zero attached hydrogens (tertiary/aromatic N) is 3. The topological polar surface area (TPSA) is 83.7 Å². The van der Waals surface area contributed by atoms with Crippen LogP contribution in [-0.2, 0) is 10.0 Å². The summed E-state index contributed by atoms with van der Waals surface area (Å²) in [5.74, 6) is 0.443. The second-order valence-electron chi connectivity index (χ2n) is 6.55. The second-order valence-corrected chi connectivity index (χ2v) is 10.6. The number of piperazine rings is 1. The van der Waals surface area contributed by atoms with Crippen molar-refractivity contribution in [1.82, 2.24) is 14.2 Å². The first-order valence-electron chi connectivity index (χ1n) is 8.92. The normalized spacial score (nSPS) is 15.6. The zero-order valence-electron chi connectivity index (χ0n) is 15.5. The van der Waals surface area contributed by atoms with Crippen molar-refractivity contribution in [2.45, 2.75) is 11.8 Å². The van der Waals surface area contributed by atoms with E-state index >= 15 is 0 Å². The summed E-state index contributed by atoms with van der Waals surface area (Å²) in [7, 11) is -3.59. The number of hydrogen-bond acceptors (Lipinski definition) is 6. The van der Waals surface area contributed by atoms with Gasteiger partial charge < -0.3 is 9.32 Å². The van der Waals surface area contributed by atoms with Crippen molar-refractivity contribution in [3.05, 3.63) is 57.7 Å². The summed E-state index contributed by atoms with van der Waals surface area (Å²) in [5, 5.41) is 0.659. The molecule has 1 aliphatic heterocycles. The van der Waals surface area contributed by atoms with Gasteiger partial charge in [0.05, 0.1) is 11.2 Å². The number of aromatic nitrogens is 1. The van der Waals surface area contributed by atoms with Crippen LogP contribution >= 0.6 is 27.3 Å². The largest absolute Gasteiger partial charge is 0.462 e. The Morgan fingerprint density at radius 1 is 1.17 bits per heavy atom. The maximum Gasteiger partial charge on any atom is 0.273 e. The lowest BCUT2D eigenvalue weighted by molar-refractivity contribution is 0.0692. The number of carbonyl (C=O) groups is 1. The molecule has 1 aliphatic rings. The van der Waals surface area contributed by atoms with Gasteiger partial charge in [0, 0.05) is 35.5 Å². The van der Waals surface area contributed by atoms with Gasteiger partial charge in [-0.1, -0.05) is 22.0 Å². The summed E-state index contributed by atoms with van der Waals surface area (Å²) < 4.78 is 33.2. The number of sulfonamides is 1. The molecule has 10 heteroatoms. The fraction of sp³-hybridized carbons (Fsp3) is 0.263. The molecule has 7 nitrogen and oxygen atoms in total. The number of thiazole rings is 1. The lowest BCUT2D eigenvalue weighted by Gasteiger charge is -2.33. The quantitative estimate of drug-likeness (QED) is 0.551. The lowest BCUT2D eigenvalue weighted by atomic mass is 10.3. The van der Waals surface area contributed by atoms with Crippen LogP contribution in [0.15, 0.2) is 56.4 Å². The summed E-state index contributed by atoms with van der Waals surface area (Å²) in [6.07, 6.45) is 1.57. The highest BCUT2D eigenvalue weighted by atomic mass is 79.9. The highest BCUT2D eigenvalue weighted by Gasteiger charge is 2.32. The average molecular weight is 496 g/mol. The zero-order valence-corrected chi connectivity index (χ0v) is 18.8. The van der Waals surface area contributed by atoms with Crippen molar-refractivity contribution in [2.75, 3.05) is 26.2 Å². The van der Waals surface area contributed by atoms with Gasteiger partial charge in [-0.15, -0.1) is 11.3 Å². The summed E-state index contributed by atoms with van der Waals surface area (Å²) in [4.78, 5) is 20.1. The third-order valence-corrected chi connectivity index (χ3v) is 8.06. The van der Waals surface area contributed by atoms with Crippen LogP contribution in [0.2, 0.25) is 0 Å². The summed E-state index contributed by atoms with van der Waals surface area (Å²) in [6.45, 7) is 2.98. The van der Waals surface area contributed by atoms with Gasteiger partial charge in [0.25, 0.3) is 5.91 Å². The van der Waals surface area contributed by atoms with E-state index in [4.69, 9.17) is 4.42 Å². The molecule has 1 saturated heterocycles. The van der Waals surface area contributed by atoms with Gasteiger partial charge in [-0.3, -0.25) is 4.79 Å². The molecular formula is C19H18BrN3O4S2. The molecule has 4 rings (SSSR count). The number of halogens is 1. The smallest absolute Gasteiger partial charge is 0.273 e. The molecule has 1 aromatic carbocycles. The zero-order chi connectivity index (χ0) is 20.6. The van der Waals surface area contributed by atoms with E-state index in [-0.39, 0.29) is 23.9 Å². The van der Waals surface area contributed by atoms with Gasteiger partial charge in [0.2, 0.25) is 10.0 Å². The van der Waals surface area contributed by atoms with Crippen molar-refractivity contribution in [1.29, 1.82) is 0 Å². The Labute approximate surface area is 181 Å². The van der Waals surface area contributed by atoms with Crippen molar-refractivity contribution in [3.8, 4) is 10.8 Å². The minimum atomic E-state index is -3.59. The van der Waals surface area contributed by atoms with Crippen molar-refractivity contribution >= 4 is 43.2 Å². The number of amides is 1. The van der Waals surface area contributed by atoms with E-state index in [2.05, 4.69) is 20.9 Å². The molecule has 0 N–H and O–H groups in total. The minimum Gasteiger partial charge on any atom is -0.462 e. The molecule has 3 heterocycles. The maximum atomic E-state index is 12.9. The first kappa shape index (κ1) is 20.3. The molecule has 3 aromatic rings. The Hall–Kier alpha value is -2.01. The van der Waals surface area contributed by atoms with Crippen LogP contribution in [-0.4, -0.2) is 54.7 Å². The van der Waals surface area contributed by atoms with Gasteiger partial charge >= 0.3 is 0 Å². The molecule has 0 aliphatic carbocycles. The Balaban J connectivity index is 1.47. The predicted molar refractivity (Wildman–Crippen MR) is 113 cm³/mol. The van der Waals surface area contributed by atoms with E-state index in [1.54, 1.807) is 47.6 Å². The molecular weight excluding hydrogens is 478 g/mol. The van der Waals surface area contributed by atoms with Crippen LogP contribution in [0.25, 0.3) is 10.8 Å². The molecule has 152 valence electrons. The van der Waals surface area contributed by atoms with Crippen LogP contribution in [0, 0.1) is 6.92 Å². The van der Waals surface area contributed by atoms with E-state index in [0.717, 1.165) is 4.88 Å². The first-order chi connectivity index (χ1) is 13.9. The molecule has 1 amide bonds. The Kier molecular flexibility index (Phi) is 5.60. The van der Waals surface area contributed by atoms with Gasteiger partial charge in [-0.05, 0) is 37.3 Å². The number of carbonyl (C=O) groups excluding carboxylic acids is 1. The first-order valence-corrected chi connectivity index (χ1v) is 12.0. The predicted octanol–water partition coefficient (Wildman–Crippen LogP) is 3.62. The van der Waals surface area contributed by atoms with Crippen LogP contribution < -0.4 is 0 Å². The SMILES string of the molecule is Cc1sc(-c2ccco2)nc1C(=O)N1CCN(S(=O)(=O)c2cccc(Br)c2)CC1. The molecule has 1 fully saturated rings. The number of hydrogen-bond donors (Lipinski definition) is 0. The molecule has 0 bridgehead atoms. The highest BCUT2D eigenvalue weighted by Crippen LogP contribution is 2.29. The van der Waals surface area contributed by atoms with Gasteiger partial charge in [-0.25, -0.2) is 13.4 Å². The van der Waals surface area contributed by atoms with Crippen LogP contribution in [0.5, 0.6) is 0 Å². The number of furan rings is 1. The monoisotopic (exact) mass is 495 g/mol. The van der Waals surface area contributed by atoms with Crippen LogP contribution in [0.1, 0.15) is 15.4 Å². The van der Waals surface area contributed by atoms with Crippen molar-refractivity contribution < 1.29 is 17.6 Å². The molecule has 29 heavy (non-hydrogen) atoms. The Bertz CT molecular complexity index is 1130. The number of aryl methyl sites for hydroxylation is 1. The van der Waals surface area contributed by atoms with E-state index < -0.39 is 10.0 Å². The van der Waals surface area contributed by atoms with E-state index in [0.29, 0.717) is 34.0 Å². The van der Waals surface area contributed by atoms with Gasteiger partial charge in [-0.2, -0.15) is 4.31 Å². The van der Waals surface area contributed by atoms with Crippen molar-refractivity contribution in [3.63, 3.8) is 0 Å².